The molecule has 0 fully saturated rings. The lowest BCUT2D eigenvalue weighted by molar-refractivity contribution is 0.0956. The molecule has 0 spiro atoms. The lowest BCUT2D eigenvalue weighted by Crippen LogP contribution is -2.25. The summed E-state index contributed by atoms with van der Waals surface area (Å²) in [5, 5.41) is 4.91. The highest BCUT2D eigenvalue weighted by atomic mass is 35.5. The van der Waals surface area contributed by atoms with Crippen LogP contribution in [0.15, 0.2) is 66.7 Å². The number of hydrogen-bond acceptors (Lipinski definition) is 3. The maximum atomic E-state index is 12.3. The van der Waals surface area contributed by atoms with Gasteiger partial charge in [0.05, 0.1) is 0 Å². The number of benzene rings is 3. The van der Waals surface area contributed by atoms with Crippen molar-refractivity contribution in [3.05, 3.63) is 98.5 Å². The van der Waals surface area contributed by atoms with Gasteiger partial charge in [-0.1, -0.05) is 59.1 Å². The largest absolute Gasteiger partial charge is 0.489 e. The van der Waals surface area contributed by atoms with Crippen molar-refractivity contribution in [1.82, 2.24) is 5.32 Å². The summed E-state index contributed by atoms with van der Waals surface area (Å²) in [5.41, 5.74) is 2.42. The number of rotatable bonds is 9. The molecule has 3 aromatic carbocycles. The van der Waals surface area contributed by atoms with E-state index in [1.165, 1.54) is 0 Å². The Kier molecular flexibility index (Phi) is 8.76. The Morgan fingerprint density at radius 2 is 1.53 bits per heavy atom. The van der Waals surface area contributed by atoms with Crippen molar-refractivity contribution in [2.45, 2.75) is 12.4 Å². The van der Waals surface area contributed by atoms with Gasteiger partial charge in [-0.2, -0.15) is 11.8 Å². The smallest absolute Gasteiger partial charge is 0.251 e. The topological polar surface area (TPSA) is 38.3 Å². The van der Waals surface area contributed by atoms with Crippen LogP contribution < -0.4 is 10.1 Å². The fourth-order valence-electron chi connectivity index (χ4n) is 2.66. The van der Waals surface area contributed by atoms with Crippen LogP contribution in [0.5, 0.6) is 5.75 Å². The predicted molar refractivity (Wildman–Crippen MR) is 127 cm³/mol. The summed E-state index contributed by atoms with van der Waals surface area (Å²) < 4.78 is 5.74. The highest BCUT2D eigenvalue weighted by Gasteiger charge is 2.08. The molecule has 0 atom stereocenters. The van der Waals surface area contributed by atoms with Gasteiger partial charge < -0.3 is 10.1 Å². The molecule has 0 radical (unpaired) electrons. The van der Waals surface area contributed by atoms with Crippen LogP contribution in [0, 0.1) is 0 Å². The molecule has 0 saturated heterocycles. The second-order valence-electron chi connectivity index (χ2n) is 6.41. The number of halogens is 3. The summed E-state index contributed by atoms with van der Waals surface area (Å²) in [6, 6.07) is 20.1. The van der Waals surface area contributed by atoms with E-state index in [1.807, 2.05) is 42.5 Å². The molecule has 7 heteroatoms. The molecule has 0 aliphatic carbocycles. The molecule has 1 amide bonds. The minimum atomic E-state index is -0.121. The van der Waals surface area contributed by atoms with Gasteiger partial charge in [0.25, 0.3) is 5.91 Å². The molecule has 0 saturated carbocycles. The Bertz CT molecular complexity index is 976. The Hall–Kier alpha value is -1.85. The molecule has 0 aliphatic heterocycles. The Morgan fingerprint density at radius 3 is 2.23 bits per heavy atom. The molecular weight excluding hydrogens is 461 g/mol. The third-order valence-corrected chi connectivity index (χ3v) is 6.37. The van der Waals surface area contributed by atoms with Crippen LogP contribution in [0.4, 0.5) is 0 Å². The van der Waals surface area contributed by atoms with Gasteiger partial charge in [0, 0.05) is 44.2 Å². The molecule has 30 heavy (non-hydrogen) atoms. The number of thioether (sulfide) groups is 1. The summed E-state index contributed by atoms with van der Waals surface area (Å²) >= 11 is 20.1. The first-order valence-electron chi connectivity index (χ1n) is 9.29. The van der Waals surface area contributed by atoms with E-state index < -0.39 is 0 Å². The maximum Gasteiger partial charge on any atom is 0.251 e. The standard InChI is InChI=1S/C23H20Cl3NO2S/c24-20-5-2-1-4-17(20)14-29-18-10-8-16(9-11-18)23(28)27-12-13-30-15-19-21(25)6-3-7-22(19)26/h1-11H,12-15H2,(H,27,28). The SMILES string of the molecule is O=C(NCCSCc1c(Cl)cccc1Cl)c1ccc(OCc2ccccc2Cl)cc1. The van der Waals surface area contributed by atoms with Gasteiger partial charge in [0.2, 0.25) is 0 Å². The fourth-order valence-corrected chi connectivity index (χ4v) is 4.45. The summed E-state index contributed by atoms with van der Waals surface area (Å²) in [5.74, 6) is 2.01. The van der Waals surface area contributed by atoms with E-state index in [9.17, 15) is 4.79 Å². The molecule has 3 nitrogen and oxygen atoms in total. The summed E-state index contributed by atoms with van der Waals surface area (Å²) in [6.07, 6.45) is 0. The van der Waals surface area contributed by atoms with E-state index in [0.717, 1.165) is 16.9 Å². The summed E-state index contributed by atoms with van der Waals surface area (Å²) in [7, 11) is 0. The zero-order chi connectivity index (χ0) is 21.3. The van der Waals surface area contributed by atoms with Crippen LogP contribution in [-0.4, -0.2) is 18.2 Å². The van der Waals surface area contributed by atoms with Crippen LogP contribution in [0.1, 0.15) is 21.5 Å². The van der Waals surface area contributed by atoms with Crippen molar-refractivity contribution in [3.8, 4) is 5.75 Å². The number of nitrogens with one attached hydrogen (secondary N) is 1. The van der Waals surface area contributed by atoms with Crippen molar-refractivity contribution < 1.29 is 9.53 Å². The van der Waals surface area contributed by atoms with E-state index in [1.54, 1.807) is 36.0 Å². The highest BCUT2D eigenvalue weighted by molar-refractivity contribution is 7.98. The van der Waals surface area contributed by atoms with Gasteiger partial charge in [-0.15, -0.1) is 0 Å². The minimum absolute atomic E-state index is 0.121. The van der Waals surface area contributed by atoms with E-state index in [4.69, 9.17) is 39.5 Å². The van der Waals surface area contributed by atoms with Crippen LogP contribution in [0.25, 0.3) is 0 Å². The summed E-state index contributed by atoms with van der Waals surface area (Å²) in [6.45, 7) is 0.925. The third-order valence-electron chi connectivity index (χ3n) is 4.31. The van der Waals surface area contributed by atoms with E-state index in [2.05, 4.69) is 5.32 Å². The molecular formula is C23H20Cl3NO2S. The monoisotopic (exact) mass is 479 g/mol. The quantitative estimate of drug-likeness (QED) is 0.339. The Labute approximate surface area is 195 Å². The van der Waals surface area contributed by atoms with Crippen molar-refractivity contribution in [3.63, 3.8) is 0 Å². The zero-order valence-corrected chi connectivity index (χ0v) is 19.1. The van der Waals surface area contributed by atoms with Gasteiger partial charge in [-0.3, -0.25) is 4.79 Å². The first kappa shape index (κ1) is 22.8. The molecule has 0 aromatic heterocycles. The second kappa shape index (κ2) is 11.5. The molecule has 3 rings (SSSR count). The lowest BCUT2D eigenvalue weighted by Gasteiger charge is -2.09. The van der Waals surface area contributed by atoms with Crippen molar-refractivity contribution in [1.29, 1.82) is 0 Å². The van der Waals surface area contributed by atoms with Crippen LogP contribution in [0.2, 0.25) is 15.1 Å². The van der Waals surface area contributed by atoms with Crippen LogP contribution >= 0.6 is 46.6 Å². The van der Waals surface area contributed by atoms with Gasteiger partial charge in [0.15, 0.2) is 0 Å². The third kappa shape index (κ3) is 6.58. The van der Waals surface area contributed by atoms with Crippen LogP contribution in [-0.2, 0) is 12.4 Å². The molecule has 1 N–H and O–H groups in total. The van der Waals surface area contributed by atoms with Gasteiger partial charge in [-0.25, -0.2) is 0 Å². The van der Waals surface area contributed by atoms with Crippen molar-refractivity contribution in [2.75, 3.05) is 12.3 Å². The second-order valence-corrected chi connectivity index (χ2v) is 8.74. The molecule has 0 heterocycles. The molecule has 3 aromatic rings. The van der Waals surface area contributed by atoms with Gasteiger partial charge >= 0.3 is 0 Å². The number of carbonyl (C=O) groups is 1. The molecule has 156 valence electrons. The fraction of sp³-hybridized carbons (Fsp3) is 0.174. The van der Waals surface area contributed by atoms with E-state index in [-0.39, 0.29) is 5.91 Å². The molecule has 0 aliphatic rings. The van der Waals surface area contributed by atoms with Gasteiger partial charge in [-0.05, 0) is 48.0 Å². The average molecular weight is 481 g/mol. The van der Waals surface area contributed by atoms with Crippen molar-refractivity contribution >= 4 is 52.5 Å². The minimum Gasteiger partial charge on any atom is -0.489 e. The number of hydrogen-bond donors (Lipinski definition) is 1. The van der Waals surface area contributed by atoms with E-state index >= 15 is 0 Å². The molecule has 0 bridgehead atoms. The molecule has 0 unspecified atom stereocenters. The highest BCUT2D eigenvalue weighted by Crippen LogP contribution is 2.28. The first-order valence-corrected chi connectivity index (χ1v) is 11.6. The number of carbonyl (C=O) groups excluding carboxylic acids is 1. The average Bonchev–Trinajstić information content (AvgIpc) is 2.75. The summed E-state index contributed by atoms with van der Waals surface area (Å²) in [4.78, 5) is 12.3. The number of amides is 1. The van der Waals surface area contributed by atoms with Crippen LogP contribution in [0.3, 0.4) is 0 Å². The van der Waals surface area contributed by atoms with Gasteiger partial charge in [0.1, 0.15) is 12.4 Å². The predicted octanol–water partition coefficient (Wildman–Crippen LogP) is 6.89. The lowest BCUT2D eigenvalue weighted by atomic mass is 10.2. The first-order chi connectivity index (χ1) is 14.5. The Morgan fingerprint density at radius 1 is 0.867 bits per heavy atom. The van der Waals surface area contributed by atoms with E-state index in [0.29, 0.717) is 45.3 Å². The van der Waals surface area contributed by atoms with Crippen molar-refractivity contribution in [2.24, 2.45) is 0 Å². The zero-order valence-electron chi connectivity index (χ0n) is 16.0. The number of ether oxygens (including phenoxy) is 1. The maximum absolute atomic E-state index is 12.3. The normalized spacial score (nSPS) is 10.6. The Balaban J connectivity index is 1.41.